The van der Waals surface area contributed by atoms with E-state index >= 15 is 0 Å². The van der Waals surface area contributed by atoms with Crippen LogP contribution in [0.15, 0.2) is 24.3 Å². The van der Waals surface area contributed by atoms with Gasteiger partial charge in [-0.3, -0.25) is 4.79 Å². The number of hydrogen-bond donors (Lipinski definition) is 2. The standard InChI is InChI=1S/C14H13Cl3N2OS/c1-7(9-6-12(16)21-13(9)17)19-8-3-4-11(15)10(5-8)14(20)18-2/h3-7,19H,1-2H3,(H,18,20). The molecule has 0 aliphatic carbocycles. The molecule has 0 saturated carbocycles. The number of thiophene rings is 1. The molecule has 0 aliphatic rings. The van der Waals surface area contributed by atoms with Crippen LogP contribution in [0.5, 0.6) is 0 Å². The Morgan fingerprint density at radius 1 is 1.24 bits per heavy atom. The molecule has 0 bridgehead atoms. The van der Waals surface area contributed by atoms with E-state index in [2.05, 4.69) is 10.6 Å². The third-order valence-electron chi connectivity index (χ3n) is 2.97. The van der Waals surface area contributed by atoms with Crippen LogP contribution in [0.25, 0.3) is 0 Å². The smallest absolute Gasteiger partial charge is 0.252 e. The predicted molar refractivity (Wildman–Crippen MR) is 91.2 cm³/mol. The summed E-state index contributed by atoms with van der Waals surface area (Å²) in [6, 6.07) is 7.00. The Morgan fingerprint density at radius 2 is 1.95 bits per heavy atom. The fourth-order valence-electron chi connectivity index (χ4n) is 1.90. The highest BCUT2D eigenvalue weighted by Gasteiger charge is 2.15. The first kappa shape index (κ1) is 16.4. The van der Waals surface area contributed by atoms with Crippen LogP contribution in [-0.4, -0.2) is 13.0 Å². The molecule has 1 aromatic carbocycles. The molecule has 2 aromatic rings. The lowest BCUT2D eigenvalue weighted by Gasteiger charge is -2.16. The number of carbonyl (C=O) groups excluding carboxylic acids is 1. The highest BCUT2D eigenvalue weighted by atomic mass is 35.5. The van der Waals surface area contributed by atoms with E-state index in [1.54, 1.807) is 19.2 Å². The van der Waals surface area contributed by atoms with E-state index in [-0.39, 0.29) is 11.9 Å². The lowest BCUT2D eigenvalue weighted by atomic mass is 10.1. The molecule has 0 radical (unpaired) electrons. The zero-order valence-electron chi connectivity index (χ0n) is 11.3. The first-order chi connectivity index (χ1) is 9.92. The molecule has 1 heterocycles. The second-order valence-corrected chi connectivity index (χ2v) is 7.11. The van der Waals surface area contributed by atoms with Gasteiger partial charge in [-0.05, 0) is 31.2 Å². The third kappa shape index (κ3) is 3.83. The quantitative estimate of drug-likeness (QED) is 0.780. The lowest BCUT2D eigenvalue weighted by Crippen LogP contribution is -2.18. The van der Waals surface area contributed by atoms with Gasteiger partial charge in [-0.1, -0.05) is 34.8 Å². The fourth-order valence-corrected chi connectivity index (χ4v) is 3.75. The van der Waals surface area contributed by atoms with Crippen molar-refractivity contribution >= 4 is 57.7 Å². The number of hydrogen-bond acceptors (Lipinski definition) is 3. The Balaban J connectivity index is 2.23. The van der Waals surface area contributed by atoms with Crippen LogP contribution >= 0.6 is 46.1 Å². The molecule has 2 rings (SSSR count). The highest BCUT2D eigenvalue weighted by molar-refractivity contribution is 7.20. The molecule has 7 heteroatoms. The molecule has 0 spiro atoms. The average molecular weight is 364 g/mol. The Bertz CT molecular complexity index is 672. The summed E-state index contributed by atoms with van der Waals surface area (Å²) in [6.07, 6.45) is 0. The van der Waals surface area contributed by atoms with Crippen molar-refractivity contribution in [3.63, 3.8) is 0 Å². The van der Waals surface area contributed by atoms with Crippen LogP contribution in [0.3, 0.4) is 0 Å². The molecule has 21 heavy (non-hydrogen) atoms. The topological polar surface area (TPSA) is 41.1 Å². The number of rotatable bonds is 4. The average Bonchev–Trinajstić information content (AvgIpc) is 2.79. The third-order valence-corrected chi connectivity index (χ3v) is 4.82. The number of carbonyl (C=O) groups is 1. The van der Waals surface area contributed by atoms with Crippen LogP contribution in [-0.2, 0) is 0 Å². The van der Waals surface area contributed by atoms with Gasteiger partial charge in [-0.2, -0.15) is 0 Å². The van der Waals surface area contributed by atoms with Gasteiger partial charge in [0.25, 0.3) is 5.91 Å². The van der Waals surface area contributed by atoms with Gasteiger partial charge in [0.2, 0.25) is 0 Å². The number of nitrogens with one attached hydrogen (secondary N) is 2. The molecule has 0 saturated heterocycles. The van der Waals surface area contributed by atoms with E-state index < -0.39 is 0 Å². The van der Waals surface area contributed by atoms with E-state index in [9.17, 15) is 4.79 Å². The molecule has 0 aliphatic heterocycles. The van der Waals surface area contributed by atoms with Crippen molar-refractivity contribution in [2.24, 2.45) is 0 Å². The predicted octanol–water partition coefficient (Wildman–Crippen LogP) is 5.24. The van der Waals surface area contributed by atoms with Crippen molar-refractivity contribution in [1.29, 1.82) is 0 Å². The van der Waals surface area contributed by atoms with Crippen molar-refractivity contribution < 1.29 is 4.79 Å². The summed E-state index contributed by atoms with van der Waals surface area (Å²) >= 11 is 19.5. The van der Waals surface area contributed by atoms with Gasteiger partial charge in [0.1, 0.15) is 0 Å². The van der Waals surface area contributed by atoms with Gasteiger partial charge in [-0.15, -0.1) is 11.3 Å². The zero-order chi connectivity index (χ0) is 15.6. The Hall–Kier alpha value is -0.940. The van der Waals surface area contributed by atoms with Crippen molar-refractivity contribution in [2.45, 2.75) is 13.0 Å². The summed E-state index contributed by atoms with van der Waals surface area (Å²) in [5.41, 5.74) is 2.12. The van der Waals surface area contributed by atoms with Crippen molar-refractivity contribution in [3.8, 4) is 0 Å². The monoisotopic (exact) mass is 362 g/mol. The summed E-state index contributed by atoms with van der Waals surface area (Å²) in [5.74, 6) is -0.229. The van der Waals surface area contributed by atoms with Crippen LogP contribution in [0.1, 0.15) is 28.9 Å². The first-order valence-corrected chi connectivity index (χ1v) is 8.10. The summed E-state index contributed by atoms with van der Waals surface area (Å²) in [7, 11) is 1.56. The van der Waals surface area contributed by atoms with Gasteiger partial charge >= 0.3 is 0 Å². The molecule has 1 atom stereocenters. The van der Waals surface area contributed by atoms with Gasteiger partial charge in [0, 0.05) is 18.3 Å². The molecule has 2 N–H and O–H groups in total. The minimum Gasteiger partial charge on any atom is -0.378 e. The SMILES string of the molecule is CNC(=O)c1cc(NC(C)c2cc(Cl)sc2Cl)ccc1Cl. The van der Waals surface area contributed by atoms with Crippen LogP contribution < -0.4 is 10.6 Å². The number of benzene rings is 1. The van der Waals surface area contributed by atoms with E-state index in [1.165, 1.54) is 11.3 Å². The van der Waals surface area contributed by atoms with Gasteiger partial charge in [0.05, 0.1) is 25.3 Å². The number of halogens is 3. The van der Waals surface area contributed by atoms with Gasteiger partial charge < -0.3 is 10.6 Å². The van der Waals surface area contributed by atoms with Crippen LogP contribution in [0.4, 0.5) is 5.69 Å². The Labute approximate surface area is 142 Å². The number of anilines is 1. The molecule has 112 valence electrons. The maximum absolute atomic E-state index is 11.7. The van der Waals surface area contributed by atoms with Crippen molar-refractivity contribution in [1.82, 2.24) is 5.32 Å². The second kappa shape index (κ2) is 6.88. The maximum Gasteiger partial charge on any atom is 0.252 e. The van der Waals surface area contributed by atoms with Crippen LogP contribution in [0, 0.1) is 0 Å². The molecule has 0 fully saturated rings. The van der Waals surface area contributed by atoms with Gasteiger partial charge in [0.15, 0.2) is 0 Å². The fraction of sp³-hybridized carbons (Fsp3) is 0.214. The molecule has 1 aromatic heterocycles. The summed E-state index contributed by atoms with van der Waals surface area (Å²) < 4.78 is 1.30. The zero-order valence-corrected chi connectivity index (χ0v) is 14.4. The van der Waals surface area contributed by atoms with Crippen molar-refractivity contribution in [2.75, 3.05) is 12.4 Å². The van der Waals surface area contributed by atoms with E-state index in [1.807, 2.05) is 19.1 Å². The largest absolute Gasteiger partial charge is 0.378 e. The lowest BCUT2D eigenvalue weighted by molar-refractivity contribution is 0.0963. The van der Waals surface area contributed by atoms with E-state index in [0.717, 1.165) is 11.3 Å². The molecular weight excluding hydrogens is 351 g/mol. The highest BCUT2D eigenvalue weighted by Crippen LogP contribution is 2.36. The number of amides is 1. The molecular formula is C14H13Cl3N2OS. The Morgan fingerprint density at radius 3 is 2.52 bits per heavy atom. The summed E-state index contributed by atoms with van der Waals surface area (Å²) in [6.45, 7) is 1.97. The minimum absolute atomic E-state index is 0.0417. The Kier molecular flexibility index (Phi) is 5.38. The second-order valence-electron chi connectivity index (χ2n) is 4.42. The maximum atomic E-state index is 11.7. The van der Waals surface area contributed by atoms with E-state index in [4.69, 9.17) is 34.8 Å². The minimum atomic E-state index is -0.229. The summed E-state index contributed by atoms with van der Waals surface area (Å²) in [5, 5.41) is 6.25. The summed E-state index contributed by atoms with van der Waals surface area (Å²) in [4.78, 5) is 11.7. The molecule has 1 unspecified atom stereocenters. The van der Waals surface area contributed by atoms with Crippen LogP contribution in [0.2, 0.25) is 13.7 Å². The molecule has 3 nitrogen and oxygen atoms in total. The molecule has 1 amide bonds. The first-order valence-electron chi connectivity index (χ1n) is 6.15. The van der Waals surface area contributed by atoms with Crippen molar-refractivity contribution in [3.05, 3.63) is 49.1 Å². The van der Waals surface area contributed by atoms with Gasteiger partial charge in [-0.25, -0.2) is 0 Å². The normalized spacial score (nSPS) is 12.0. The van der Waals surface area contributed by atoms with E-state index in [0.29, 0.717) is 19.3 Å².